The Balaban J connectivity index is 1.75. The maximum absolute atomic E-state index is 4.31. The Hall–Kier alpha value is -2.38. The predicted molar refractivity (Wildman–Crippen MR) is 107 cm³/mol. The third kappa shape index (κ3) is 5.57. The van der Waals surface area contributed by atoms with Crippen LogP contribution in [0.25, 0.3) is 11.0 Å². The normalized spacial score (nSPS) is 13.0. The topological polar surface area (TPSA) is 92.1 Å². The van der Waals surface area contributed by atoms with Gasteiger partial charge in [0.2, 0.25) is 0 Å². The van der Waals surface area contributed by atoms with E-state index >= 15 is 0 Å². The maximum atomic E-state index is 4.31. The number of aromatic nitrogens is 4. The standard InChI is InChI=1S/C18H32N8/c1-5-7-8-14(6-2)11-22-18(19-3)21-10-9-20-16-15-12-25-26(4)17(15)24-13-23-16/h12-14H,5-11H2,1-4H3,(H2,19,21,22)(H,20,23,24). The molecule has 2 aromatic heterocycles. The second-order valence-corrected chi connectivity index (χ2v) is 6.45. The zero-order chi connectivity index (χ0) is 18.8. The molecular weight excluding hydrogens is 328 g/mol. The molecular formula is C18H32N8. The molecule has 0 spiro atoms. The van der Waals surface area contributed by atoms with E-state index in [0.29, 0.717) is 5.92 Å². The molecule has 2 rings (SSSR count). The Kier molecular flexibility index (Phi) is 8.11. The van der Waals surface area contributed by atoms with Gasteiger partial charge in [-0.1, -0.05) is 33.1 Å². The zero-order valence-electron chi connectivity index (χ0n) is 16.4. The number of fused-ring (bicyclic) bond motifs is 1. The van der Waals surface area contributed by atoms with Crippen molar-refractivity contribution in [3.8, 4) is 0 Å². The summed E-state index contributed by atoms with van der Waals surface area (Å²) in [5.74, 6) is 2.35. The van der Waals surface area contributed by atoms with Gasteiger partial charge in [-0.2, -0.15) is 5.10 Å². The molecule has 0 radical (unpaired) electrons. The Labute approximate surface area is 155 Å². The molecule has 2 heterocycles. The number of unbranched alkanes of at least 4 members (excludes halogenated alkanes) is 1. The number of aryl methyl sites for hydroxylation is 1. The molecule has 0 fully saturated rings. The van der Waals surface area contributed by atoms with Gasteiger partial charge in [-0.15, -0.1) is 0 Å². The van der Waals surface area contributed by atoms with Crippen LogP contribution in [0.1, 0.15) is 39.5 Å². The van der Waals surface area contributed by atoms with Crippen molar-refractivity contribution in [2.24, 2.45) is 18.0 Å². The van der Waals surface area contributed by atoms with Crippen molar-refractivity contribution in [2.75, 3.05) is 32.0 Å². The smallest absolute Gasteiger partial charge is 0.191 e. The van der Waals surface area contributed by atoms with E-state index in [1.54, 1.807) is 24.3 Å². The van der Waals surface area contributed by atoms with Gasteiger partial charge < -0.3 is 16.0 Å². The first-order valence-corrected chi connectivity index (χ1v) is 9.50. The summed E-state index contributed by atoms with van der Waals surface area (Å²) in [6.45, 7) is 6.94. The lowest BCUT2D eigenvalue weighted by Gasteiger charge is -2.18. The molecule has 0 saturated heterocycles. The molecule has 8 nitrogen and oxygen atoms in total. The first kappa shape index (κ1) is 19.9. The van der Waals surface area contributed by atoms with Gasteiger partial charge in [-0.05, 0) is 12.3 Å². The molecule has 0 bridgehead atoms. The summed E-state index contributed by atoms with van der Waals surface area (Å²) in [5.41, 5.74) is 0.825. The van der Waals surface area contributed by atoms with Crippen LogP contribution in [0.4, 0.5) is 5.82 Å². The third-order valence-electron chi connectivity index (χ3n) is 4.56. The highest BCUT2D eigenvalue weighted by Gasteiger charge is 2.08. The minimum absolute atomic E-state index is 0.700. The maximum Gasteiger partial charge on any atom is 0.191 e. The predicted octanol–water partition coefficient (Wildman–Crippen LogP) is 2.16. The lowest BCUT2D eigenvalue weighted by atomic mass is 9.99. The van der Waals surface area contributed by atoms with Crippen LogP contribution in [0, 0.1) is 5.92 Å². The number of rotatable bonds is 10. The minimum Gasteiger partial charge on any atom is -0.368 e. The average Bonchev–Trinajstić information content (AvgIpc) is 3.05. The van der Waals surface area contributed by atoms with E-state index in [-0.39, 0.29) is 0 Å². The van der Waals surface area contributed by atoms with Gasteiger partial charge in [0.15, 0.2) is 11.6 Å². The number of hydrogen-bond acceptors (Lipinski definition) is 5. The highest BCUT2D eigenvalue weighted by atomic mass is 15.3. The number of nitrogens with zero attached hydrogens (tertiary/aromatic N) is 5. The third-order valence-corrected chi connectivity index (χ3v) is 4.56. The van der Waals surface area contributed by atoms with E-state index in [1.807, 2.05) is 7.05 Å². The van der Waals surface area contributed by atoms with Gasteiger partial charge >= 0.3 is 0 Å². The summed E-state index contributed by atoms with van der Waals surface area (Å²) in [6, 6.07) is 0. The van der Waals surface area contributed by atoms with E-state index in [0.717, 1.165) is 42.4 Å². The van der Waals surface area contributed by atoms with Gasteiger partial charge in [0, 0.05) is 33.7 Å². The summed E-state index contributed by atoms with van der Waals surface area (Å²) >= 11 is 0. The molecule has 2 aromatic rings. The fourth-order valence-electron chi connectivity index (χ4n) is 2.87. The molecule has 3 N–H and O–H groups in total. The van der Waals surface area contributed by atoms with E-state index in [4.69, 9.17) is 0 Å². The van der Waals surface area contributed by atoms with Crippen molar-refractivity contribution in [1.29, 1.82) is 0 Å². The second-order valence-electron chi connectivity index (χ2n) is 6.45. The second kappa shape index (κ2) is 10.6. The summed E-state index contributed by atoms with van der Waals surface area (Å²) in [7, 11) is 3.68. The van der Waals surface area contributed by atoms with Gasteiger partial charge in [0.25, 0.3) is 0 Å². The monoisotopic (exact) mass is 360 g/mol. The van der Waals surface area contributed by atoms with Crippen molar-refractivity contribution in [3.05, 3.63) is 12.5 Å². The molecule has 1 unspecified atom stereocenters. The van der Waals surface area contributed by atoms with Crippen LogP contribution in [0.3, 0.4) is 0 Å². The highest BCUT2D eigenvalue weighted by molar-refractivity contribution is 5.86. The molecule has 0 amide bonds. The van der Waals surface area contributed by atoms with E-state index in [2.05, 4.69) is 49.9 Å². The SMILES string of the molecule is CCCCC(CC)CNC(=NC)NCCNc1ncnc2c1cnn2C. The molecule has 1 atom stereocenters. The Morgan fingerprint density at radius 3 is 2.81 bits per heavy atom. The minimum atomic E-state index is 0.700. The molecule has 0 saturated carbocycles. The summed E-state index contributed by atoms with van der Waals surface area (Å²) in [5, 5.41) is 15.3. The van der Waals surface area contributed by atoms with Crippen molar-refractivity contribution >= 4 is 22.8 Å². The van der Waals surface area contributed by atoms with Crippen molar-refractivity contribution in [3.63, 3.8) is 0 Å². The van der Waals surface area contributed by atoms with Crippen LogP contribution < -0.4 is 16.0 Å². The summed E-state index contributed by atoms with van der Waals surface area (Å²) < 4.78 is 1.74. The number of anilines is 1. The first-order chi connectivity index (χ1) is 12.7. The van der Waals surface area contributed by atoms with Crippen molar-refractivity contribution in [1.82, 2.24) is 30.4 Å². The van der Waals surface area contributed by atoms with Crippen LogP contribution in [0.5, 0.6) is 0 Å². The van der Waals surface area contributed by atoms with Gasteiger partial charge in [0.1, 0.15) is 12.1 Å². The number of aliphatic imine (C=N–C) groups is 1. The van der Waals surface area contributed by atoms with E-state index in [9.17, 15) is 0 Å². The van der Waals surface area contributed by atoms with E-state index in [1.165, 1.54) is 25.7 Å². The van der Waals surface area contributed by atoms with Crippen molar-refractivity contribution in [2.45, 2.75) is 39.5 Å². The van der Waals surface area contributed by atoms with Gasteiger partial charge in [-0.3, -0.25) is 9.67 Å². The highest BCUT2D eigenvalue weighted by Crippen LogP contribution is 2.17. The number of nitrogens with one attached hydrogen (secondary N) is 3. The van der Waals surface area contributed by atoms with E-state index < -0.39 is 0 Å². The lowest BCUT2D eigenvalue weighted by Crippen LogP contribution is -2.41. The fraction of sp³-hybridized carbons (Fsp3) is 0.667. The van der Waals surface area contributed by atoms with Crippen LogP contribution in [0.2, 0.25) is 0 Å². The molecule has 0 aliphatic carbocycles. The Morgan fingerprint density at radius 2 is 2.08 bits per heavy atom. The summed E-state index contributed by atoms with van der Waals surface area (Å²) in [6.07, 6.45) is 8.35. The lowest BCUT2D eigenvalue weighted by molar-refractivity contribution is 0.444. The van der Waals surface area contributed by atoms with Crippen LogP contribution in [-0.4, -0.2) is 52.4 Å². The fourth-order valence-corrected chi connectivity index (χ4v) is 2.87. The Morgan fingerprint density at radius 1 is 1.23 bits per heavy atom. The van der Waals surface area contributed by atoms with Gasteiger partial charge in [0.05, 0.1) is 11.6 Å². The van der Waals surface area contributed by atoms with Gasteiger partial charge in [-0.25, -0.2) is 9.97 Å². The first-order valence-electron chi connectivity index (χ1n) is 9.50. The van der Waals surface area contributed by atoms with Crippen LogP contribution in [0.15, 0.2) is 17.5 Å². The quantitative estimate of drug-likeness (QED) is 0.342. The number of hydrogen-bond donors (Lipinski definition) is 3. The Bertz CT molecular complexity index is 694. The van der Waals surface area contributed by atoms with Crippen molar-refractivity contribution < 1.29 is 0 Å². The molecule has 26 heavy (non-hydrogen) atoms. The zero-order valence-corrected chi connectivity index (χ0v) is 16.4. The molecule has 8 heteroatoms. The molecule has 0 aliphatic rings. The van der Waals surface area contributed by atoms with Crippen LogP contribution >= 0.6 is 0 Å². The largest absolute Gasteiger partial charge is 0.368 e. The molecule has 144 valence electrons. The molecule has 0 aromatic carbocycles. The summed E-state index contributed by atoms with van der Waals surface area (Å²) in [4.78, 5) is 12.9. The average molecular weight is 361 g/mol. The van der Waals surface area contributed by atoms with Crippen LogP contribution in [-0.2, 0) is 7.05 Å². The number of guanidine groups is 1. The molecule has 0 aliphatic heterocycles.